The molecule has 0 spiro atoms. The number of nitrogens with zero attached hydrogens (tertiary/aromatic N) is 1. The summed E-state index contributed by atoms with van der Waals surface area (Å²) in [5.74, 6) is 0.212. The second-order valence-electron chi connectivity index (χ2n) is 8.30. The molecule has 2 N–H and O–H groups in total. The third-order valence-electron chi connectivity index (χ3n) is 4.67. The number of hydrogen-bond donors (Lipinski definition) is 2. The van der Waals surface area contributed by atoms with E-state index in [1.54, 1.807) is 18.1 Å². The maximum absolute atomic E-state index is 12.7. The summed E-state index contributed by atoms with van der Waals surface area (Å²) in [5.41, 5.74) is 1.67. The predicted octanol–water partition coefficient (Wildman–Crippen LogP) is 3.77. The number of fused-ring (bicyclic) bond motifs is 3. The van der Waals surface area contributed by atoms with Gasteiger partial charge in [-0.15, -0.1) is 0 Å². The van der Waals surface area contributed by atoms with Gasteiger partial charge in [-0.2, -0.15) is 0 Å². The maximum atomic E-state index is 12.7. The molecule has 0 aliphatic carbocycles. The van der Waals surface area contributed by atoms with Gasteiger partial charge >= 0.3 is 0 Å². The van der Waals surface area contributed by atoms with Gasteiger partial charge in [-0.1, -0.05) is 25.1 Å². The van der Waals surface area contributed by atoms with Crippen LogP contribution in [0.25, 0.3) is 21.9 Å². The van der Waals surface area contributed by atoms with E-state index >= 15 is 0 Å². The number of amides is 2. The first-order valence-electron chi connectivity index (χ1n) is 10.0. The monoisotopic (exact) mass is 411 g/mol. The largest absolute Gasteiger partial charge is 0.495 e. The number of furan rings is 1. The van der Waals surface area contributed by atoms with Crippen LogP contribution in [0.4, 0.5) is 5.69 Å². The molecule has 0 bridgehead atoms. The number of anilines is 1. The molecule has 2 aromatic carbocycles. The lowest BCUT2D eigenvalue weighted by atomic mass is 10.1. The van der Waals surface area contributed by atoms with E-state index < -0.39 is 0 Å². The molecular weight excluding hydrogens is 382 g/mol. The number of nitrogens with one attached hydrogen (secondary N) is 2. The van der Waals surface area contributed by atoms with Crippen LogP contribution in [0, 0.1) is 0 Å². The van der Waals surface area contributed by atoms with Crippen molar-refractivity contribution in [1.29, 1.82) is 0 Å². The smallest absolute Gasteiger partial charge is 0.238 e. The highest BCUT2D eigenvalue weighted by Gasteiger charge is 2.19. The van der Waals surface area contributed by atoms with E-state index in [0.29, 0.717) is 23.6 Å². The van der Waals surface area contributed by atoms with Crippen molar-refractivity contribution in [3.63, 3.8) is 0 Å². The first kappa shape index (κ1) is 21.6. The molecule has 0 fully saturated rings. The van der Waals surface area contributed by atoms with Crippen LogP contribution in [0.15, 0.2) is 40.8 Å². The normalized spacial score (nSPS) is 11.8. The maximum Gasteiger partial charge on any atom is 0.238 e. The minimum atomic E-state index is -0.311. The lowest BCUT2D eigenvalue weighted by Crippen LogP contribution is -2.47. The summed E-state index contributed by atoms with van der Waals surface area (Å²) in [6.45, 7) is 8.51. The Balaban J connectivity index is 1.75. The highest BCUT2D eigenvalue weighted by Crippen LogP contribution is 2.36. The third kappa shape index (κ3) is 5.10. The van der Waals surface area contributed by atoms with Crippen LogP contribution in [0.5, 0.6) is 5.75 Å². The average Bonchev–Trinajstić information content (AvgIpc) is 3.02. The number of carbonyl (C=O) groups excluding carboxylic acids is 2. The Morgan fingerprint density at radius 2 is 1.73 bits per heavy atom. The second-order valence-corrected chi connectivity index (χ2v) is 8.30. The molecule has 1 heterocycles. The molecule has 0 radical (unpaired) electrons. The first-order chi connectivity index (χ1) is 14.2. The van der Waals surface area contributed by atoms with E-state index in [9.17, 15) is 9.59 Å². The zero-order chi connectivity index (χ0) is 21.9. The highest BCUT2D eigenvalue weighted by atomic mass is 16.5. The molecule has 0 saturated heterocycles. The van der Waals surface area contributed by atoms with Crippen LogP contribution in [-0.4, -0.2) is 49.0 Å². The number of ether oxygens (including phenoxy) is 1. The first-order valence-corrected chi connectivity index (χ1v) is 10.0. The van der Waals surface area contributed by atoms with Crippen molar-refractivity contribution in [2.75, 3.05) is 32.1 Å². The summed E-state index contributed by atoms with van der Waals surface area (Å²) in [6.07, 6.45) is 0. The summed E-state index contributed by atoms with van der Waals surface area (Å²) in [4.78, 5) is 26.6. The van der Waals surface area contributed by atoms with E-state index in [1.165, 1.54) is 0 Å². The van der Waals surface area contributed by atoms with Gasteiger partial charge in [0.1, 0.15) is 16.9 Å². The van der Waals surface area contributed by atoms with Crippen molar-refractivity contribution in [3.8, 4) is 5.75 Å². The number of para-hydroxylation sites is 1. The van der Waals surface area contributed by atoms with Gasteiger partial charge < -0.3 is 19.8 Å². The summed E-state index contributed by atoms with van der Waals surface area (Å²) >= 11 is 0. The molecule has 1 aromatic heterocycles. The fourth-order valence-electron chi connectivity index (χ4n) is 3.35. The summed E-state index contributed by atoms with van der Waals surface area (Å²) in [7, 11) is 1.56. The molecule has 7 nitrogen and oxygen atoms in total. The van der Waals surface area contributed by atoms with Crippen molar-refractivity contribution in [2.45, 2.75) is 33.2 Å². The van der Waals surface area contributed by atoms with Gasteiger partial charge in [-0.3, -0.25) is 14.5 Å². The molecule has 30 heavy (non-hydrogen) atoms. The molecular formula is C23H29N3O4. The molecule has 0 aliphatic rings. The summed E-state index contributed by atoms with van der Waals surface area (Å²) < 4.78 is 11.4. The molecule has 160 valence electrons. The molecule has 0 aliphatic heterocycles. The van der Waals surface area contributed by atoms with Crippen LogP contribution in [0.2, 0.25) is 0 Å². The number of hydrogen-bond acceptors (Lipinski definition) is 5. The Morgan fingerprint density at radius 1 is 1.03 bits per heavy atom. The van der Waals surface area contributed by atoms with Gasteiger partial charge in [0, 0.05) is 22.4 Å². The van der Waals surface area contributed by atoms with Crippen LogP contribution < -0.4 is 15.4 Å². The summed E-state index contributed by atoms with van der Waals surface area (Å²) in [6, 6.07) is 11.4. The van der Waals surface area contributed by atoms with E-state index in [2.05, 4.69) is 10.6 Å². The number of benzene rings is 2. The number of likely N-dealkylation sites (N-methyl/N-ethyl adjacent to an activating group) is 1. The lowest BCUT2D eigenvalue weighted by molar-refractivity contribution is -0.124. The van der Waals surface area contributed by atoms with Crippen LogP contribution in [0.1, 0.15) is 27.7 Å². The van der Waals surface area contributed by atoms with Gasteiger partial charge in [0.2, 0.25) is 11.8 Å². The van der Waals surface area contributed by atoms with Crippen molar-refractivity contribution in [1.82, 2.24) is 10.2 Å². The Kier molecular flexibility index (Phi) is 6.31. The predicted molar refractivity (Wildman–Crippen MR) is 119 cm³/mol. The van der Waals surface area contributed by atoms with Gasteiger partial charge in [-0.25, -0.2) is 0 Å². The Bertz CT molecular complexity index is 1070. The topological polar surface area (TPSA) is 83.8 Å². The second kappa shape index (κ2) is 8.75. The molecule has 0 saturated carbocycles. The van der Waals surface area contributed by atoms with Gasteiger partial charge in [-0.05, 0) is 39.4 Å². The SMILES string of the molecule is CCN(CC(=O)Nc1cc2oc3ccccc3c2cc1OC)CC(=O)NC(C)(C)C. The van der Waals surface area contributed by atoms with Crippen molar-refractivity contribution in [2.24, 2.45) is 0 Å². The molecule has 3 aromatic rings. The minimum Gasteiger partial charge on any atom is -0.495 e. The van der Waals surface area contributed by atoms with Gasteiger partial charge in [0.05, 0.1) is 25.9 Å². The fraction of sp³-hybridized carbons (Fsp3) is 0.391. The van der Waals surface area contributed by atoms with Gasteiger partial charge in [0.25, 0.3) is 0 Å². The van der Waals surface area contributed by atoms with E-state index in [0.717, 1.165) is 16.4 Å². The third-order valence-corrected chi connectivity index (χ3v) is 4.67. The van der Waals surface area contributed by atoms with Crippen molar-refractivity contribution in [3.05, 3.63) is 36.4 Å². The lowest BCUT2D eigenvalue weighted by Gasteiger charge is -2.24. The zero-order valence-corrected chi connectivity index (χ0v) is 18.2. The Morgan fingerprint density at radius 3 is 2.40 bits per heavy atom. The van der Waals surface area contributed by atoms with E-state index in [1.807, 2.05) is 58.0 Å². The molecule has 3 rings (SSSR count). The van der Waals surface area contributed by atoms with Gasteiger partial charge in [0.15, 0.2) is 0 Å². The fourth-order valence-corrected chi connectivity index (χ4v) is 3.35. The molecule has 0 atom stereocenters. The Labute approximate surface area is 176 Å². The van der Waals surface area contributed by atoms with Crippen molar-refractivity contribution < 1.29 is 18.7 Å². The minimum absolute atomic E-state index is 0.0926. The van der Waals surface area contributed by atoms with Crippen LogP contribution in [-0.2, 0) is 9.59 Å². The number of rotatable bonds is 7. The number of methoxy groups -OCH3 is 1. The molecule has 2 amide bonds. The standard InChI is InChI=1S/C23H29N3O4/c1-6-26(14-22(28)25-23(2,3)4)13-21(27)24-17-12-19-16(11-20(17)29-5)15-9-7-8-10-18(15)30-19/h7-12H,6,13-14H2,1-5H3,(H,24,27)(H,25,28). The van der Waals surface area contributed by atoms with E-state index in [4.69, 9.17) is 9.15 Å². The van der Waals surface area contributed by atoms with Crippen LogP contribution >= 0.6 is 0 Å². The molecule has 7 heteroatoms. The Hall–Kier alpha value is -3.06. The average molecular weight is 412 g/mol. The zero-order valence-electron chi connectivity index (χ0n) is 18.2. The van der Waals surface area contributed by atoms with Crippen LogP contribution in [0.3, 0.4) is 0 Å². The van der Waals surface area contributed by atoms with E-state index in [-0.39, 0.29) is 30.4 Å². The molecule has 0 unspecified atom stereocenters. The highest BCUT2D eigenvalue weighted by molar-refractivity contribution is 6.07. The van der Waals surface area contributed by atoms with Crippen molar-refractivity contribution >= 4 is 39.4 Å². The summed E-state index contributed by atoms with van der Waals surface area (Å²) in [5, 5.41) is 7.72. The quantitative estimate of drug-likeness (QED) is 0.618. The number of carbonyl (C=O) groups is 2.